The fourth-order valence-corrected chi connectivity index (χ4v) is 1.98. The van der Waals surface area contributed by atoms with Crippen molar-refractivity contribution in [3.8, 4) is 0 Å². The second-order valence-corrected chi connectivity index (χ2v) is 4.10. The van der Waals surface area contributed by atoms with Crippen molar-refractivity contribution in [2.24, 2.45) is 0 Å². The molecule has 3 nitrogen and oxygen atoms in total. The Balaban J connectivity index is 2.40. The Kier molecular flexibility index (Phi) is 2.50. The van der Waals surface area contributed by atoms with Gasteiger partial charge in [0.25, 0.3) is 0 Å². The van der Waals surface area contributed by atoms with Crippen molar-refractivity contribution in [1.29, 1.82) is 0 Å². The van der Waals surface area contributed by atoms with Crippen LogP contribution >= 0.6 is 0 Å². The Morgan fingerprint density at radius 3 is 2.86 bits per heavy atom. The summed E-state index contributed by atoms with van der Waals surface area (Å²) < 4.78 is 0. The van der Waals surface area contributed by atoms with Crippen molar-refractivity contribution in [2.45, 2.75) is 46.2 Å². The SMILES string of the molecule is Cc1nc(C)c2c(n1)CCC(C)NC2. The highest BCUT2D eigenvalue weighted by atomic mass is 14.9. The fraction of sp³-hybridized carbons (Fsp3) is 0.636. The molecule has 0 radical (unpaired) electrons. The van der Waals surface area contributed by atoms with Crippen LogP contribution < -0.4 is 5.32 Å². The molecule has 0 bridgehead atoms. The van der Waals surface area contributed by atoms with Crippen LogP contribution in [0.2, 0.25) is 0 Å². The van der Waals surface area contributed by atoms with Crippen LogP contribution in [0.4, 0.5) is 0 Å². The van der Waals surface area contributed by atoms with E-state index in [1.165, 1.54) is 17.7 Å². The van der Waals surface area contributed by atoms with Gasteiger partial charge in [-0.25, -0.2) is 9.97 Å². The summed E-state index contributed by atoms with van der Waals surface area (Å²) in [5, 5.41) is 3.48. The number of hydrogen-bond donors (Lipinski definition) is 1. The average Bonchev–Trinajstić information content (AvgIpc) is 2.28. The van der Waals surface area contributed by atoms with Gasteiger partial charge in [0.05, 0.1) is 0 Å². The lowest BCUT2D eigenvalue weighted by molar-refractivity contribution is 0.532. The lowest BCUT2D eigenvalue weighted by atomic mass is 10.1. The molecule has 14 heavy (non-hydrogen) atoms. The predicted octanol–water partition coefficient (Wildman–Crippen LogP) is 1.52. The van der Waals surface area contributed by atoms with Gasteiger partial charge in [-0.2, -0.15) is 0 Å². The van der Waals surface area contributed by atoms with Crippen LogP contribution in [0.5, 0.6) is 0 Å². The molecular formula is C11H17N3. The quantitative estimate of drug-likeness (QED) is 0.675. The van der Waals surface area contributed by atoms with Gasteiger partial charge in [0, 0.05) is 29.5 Å². The van der Waals surface area contributed by atoms with Crippen LogP contribution in [0, 0.1) is 13.8 Å². The summed E-state index contributed by atoms with van der Waals surface area (Å²) in [6, 6.07) is 0.587. The maximum Gasteiger partial charge on any atom is 0.125 e. The van der Waals surface area contributed by atoms with E-state index in [4.69, 9.17) is 0 Å². The summed E-state index contributed by atoms with van der Waals surface area (Å²) in [6.07, 6.45) is 2.25. The maximum absolute atomic E-state index is 4.52. The summed E-state index contributed by atoms with van der Waals surface area (Å²) >= 11 is 0. The third-order valence-corrected chi connectivity index (χ3v) is 2.85. The van der Waals surface area contributed by atoms with Gasteiger partial charge in [0.1, 0.15) is 5.82 Å². The molecule has 0 fully saturated rings. The predicted molar refractivity (Wildman–Crippen MR) is 56.1 cm³/mol. The molecule has 0 saturated carbocycles. The number of nitrogens with one attached hydrogen (secondary N) is 1. The molecule has 1 aliphatic rings. The Morgan fingerprint density at radius 1 is 1.29 bits per heavy atom. The van der Waals surface area contributed by atoms with E-state index in [-0.39, 0.29) is 0 Å². The van der Waals surface area contributed by atoms with E-state index in [1.807, 2.05) is 6.92 Å². The maximum atomic E-state index is 4.52. The first-order valence-corrected chi connectivity index (χ1v) is 5.23. The summed E-state index contributed by atoms with van der Waals surface area (Å²) in [5.74, 6) is 0.899. The minimum absolute atomic E-state index is 0.587. The zero-order valence-electron chi connectivity index (χ0n) is 9.09. The highest BCUT2D eigenvalue weighted by molar-refractivity contribution is 5.26. The summed E-state index contributed by atoms with van der Waals surface area (Å²) in [7, 11) is 0. The number of rotatable bonds is 0. The number of hydrogen-bond acceptors (Lipinski definition) is 3. The van der Waals surface area contributed by atoms with Crippen LogP contribution in [-0.2, 0) is 13.0 Å². The van der Waals surface area contributed by atoms with E-state index in [0.29, 0.717) is 6.04 Å². The molecule has 3 heteroatoms. The van der Waals surface area contributed by atoms with Gasteiger partial charge in [0.2, 0.25) is 0 Å². The van der Waals surface area contributed by atoms with Gasteiger partial charge in [-0.3, -0.25) is 0 Å². The summed E-state index contributed by atoms with van der Waals surface area (Å²) in [6.45, 7) is 7.18. The summed E-state index contributed by atoms with van der Waals surface area (Å²) in [4.78, 5) is 8.92. The first-order chi connectivity index (χ1) is 6.66. The van der Waals surface area contributed by atoms with Gasteiger partial charge < -0.3 is 5.32 Å². The number of aryl methyl sites for hydroxylation is 3. The molecule has 1 aromatic heterocycles. The molecule has 0 saturated heterocycles. The van der Waals surface area contributed by atoms with Gasteiger partial charge >= 0.3 is 0 Å². The van der Waals surface area contributed by atoms with E-state index in [1.54, 1.807) is 0 Å². The Morgan fingerprint density at radius 2 is 2.07 bits per heavy atom. The van der Waals surface area contributed by atoms with Crippen LogP contribution in [0.15, 0.2) is 0 Å². The van der Waals surface area contributed by atoms with Crippen LogP contribution in [0.1, 0.15) is 36.1 Å². The van der Waals surface area contributed by atoms with Crippen molar-refractivity contribution in [1.82, 2.24) is 15.3 Å². The van der Waals surface area contributed by atoms with Crippen LogP contribution in [0.3, 0.4) is 0 Å². The highest BCUT2D eigenvalue weighted by Crippen LogP contribution is 2.17. The molecule has 1 atom stereocenters. The monoisotopic (exact) mass is 191 g/mol. The lowest BCUT2D eigenvalue weighted by Gasteiger charge is -2.09. The van der Waals surface area contributed by atoms with E-state index in [0.717, 1.165) is 24.5 Å². The Labute approximate surface area is 85.0 Å². The van der Waals surface area contributed by atoms with E-state index < -0.39 is 0 Å². The van der Waals surface area contributed by atoms with Gasteiger partial charge in [-0.15, -0.1) is 0 Å². The highest BCUT2D eigenvalue weighted by Gasteiger charge is 2.15. The Bertz CT molecular complexity index is 347. The minimum atomic E-state index is 0.587. The van der Waals surface area contributed by atoms with Gasteiger partial charge in [-0.1, -0.05) is 0 Å². The second kappa shape index (κ2) is 3.65. The normalized spacial score (nSPS) is 21.5. The van der Waals surface area contributed by atoms with E-state index in [9.17, 15) is 0 Å². The van der Waals surface area contributed by atoms with Crippen molar-refractivity contribution in [3.63, 3.8) is 0 Å². The van der Waals surface area contributed by atoms with E-state index >= 15 is 0 Å². The molecule has 1 aromatic rings. The molecule has 2 heterocycles. The zero-order valence-corrected chi connectivity index (χ0v) is 9.09. The number of fused-ring (bicyclic) bond motifs is 1. The first kappa shape index (κ1) is 9.59. The molecule has 1 N–H and O–H groups in total. The molecular weight excluding hydrogens is 174 g/mol. The molecule has 76 valence electrons. The van der Waals surface area contributed by atoms with E-state index in [2.05, 4.69) is 29.1 Å². The van der Waals surface area contributed by atoms with Gasteiger partial charge in [-0.05, 0) is 33.6 Å². The van der Waals surface area contributed by atoms with Gasteiger partial charge in [0.15, 0.2) is 0 Å². The van der Waals surface area contributed by atoms with Crippen molar-refractivity contribution in [3.05, 3.63) is 22.8 Å². The Hall–Kier alpha value is -0.960. The fourth-order valence-electron chi connectivity index (χ4n) is 1.98. The lowest BCUT2D eigenvalue weighted by Crippen LogP contribution is -2.23. The molecule has 1 aliphatic heterocycles. The standard InChI is InChI=1S/C11H17N3/c1-7-4-5-11-10(6-12-7)8(2)13-9(3)14-11/h7,12H,4-6H2,1-3H3. The molecule has 1 unspecified atom stereocenters. The number of nitrogens with zero attached hydrogens (tertiary/aromatic N) is 2. The minimum Gasteiger partial charge on any atom is -0.310 e. The molecule has 0 spiro atoms. The molecule has 0 amide bonds. The summed E-state index contributed by atoms with van der Waals surface area (Å²) in [5.41, 5.74) is 3.68. The molecule has 0 aliphatic carbocycles. The molecule has 0 aromatic carbocycles. The van der Waals surface area contributed by atoms with Crippen molar-refractivity contribution < 1.29 is 0 Å². The number of aromatic nitrogens is 2. The van der Waals surface area contributed by atoms with Crippen LogP contribution in [0.25, 0.3) is 0 Å². The zero-order chi connectivity index (χ0) is 10.1. The van der Waals surface area contributed by atoms with Crippen LogP contribution in [-0.4, -0.2) is 16.0 Å². The van der Waals surface area contributed by atoms with Crippen molar-refractivity contribution in [2.75, 3.05) is 0 Å². The molecule has 2 rings (SSSR count). The third kappa shape index (κ3) is 1.77. The second-order valence-electron chi connectivity index (χ2n) is 4.10. The van der Waals surface area contributed by atoms with Crippen molar-refractivity contribution >= 4 is 0 Å². The topological polar surface area (TPSA) is 37.8 Å². The third-order valence-electron chi connectivity index (χ3n) is 2.85. The average molecular weight is 191 g/mol. The first-order valence-electron chi connectivity index (χ1n) is 5.23. The smallest absolute Gasteiger partial charge is 0.125 e. The largest absolute Gasteiger partial charge is 0.310 e.